The van der Waals surface area contributed by atoms with E-state index in [2.05, 4.69) is 0 Å². The molecule has 1 atom stereocenters. The Morgan fingerprint density at radius 2 is 2.07 bits per heavy atom. The first kappa shape index (κ1) is 11.4. The lowest BCUT2D eigenvalue weighted by Crippen LogP contribution is -2.27. The highest BCUT2D eigenvalue weighted by Gasteiger charge is 2.13. The van der Waals surface area contributed by atoms with Crippen molar-refractivity contribution >= 4 is 5.91 Å². The van der Waals surface area contributed by atoms with E-state index in [1.54, 1.807) is 12.1 Å². The summed E-state index contributed by atoms with van der Waals surface area (Å²) in [4.78, 5) is 10.9. The second-order valence-corrected chi connectivity index (χ2v) is 3.31. The molecule has 1 aromatic rings. The van der Waals surface area contributed by atoms with Crippen LogP contribution in [0.2, 0.25) is 0 Å². The van der Waals surface area contributed by atoms with Crippen molar-refractivity contribution in [3.8, 4) is 11.5 Å². The van der Waals surface area contributed by atoms with Gasteiger partial charge >= 0.3 is 0 Å². The molecule has 0 saturated heterocycles. The van der Waals surface area contributed by atoms with Crippen molar-refractivity contribution < 1.29 is 14.6 Å². The summed E-state index contributed by atoms with van der Waals surface area (Å²) in [6.45, 7) is 2.16. The molecule has 0 fully saturated rings. The molecule has 0 spiro atoms. The van der Waals surface area contributed by atoms with E-state index in [4.69, 9.17) is 15.6 Å². The van der Waals surface area contributed by atoms with Crippen LogP contribution in [0, 0.1) is 5.92 Å². The second kappa shape index (κ2) is 5.24. The molecule has 1 unspecified atom stereocenters. The minimum Gasteiger partial charge on any atom is -0.508 e. The Kier molecular flexibility index (Phi) is 3.97. The van der Waals surface area contributed by atoms with Gasteiger partial charge in [-0.1, -0.05) is 6.92 Å². The van der Waals surface area contributed by atoms with Gasteiger partial charge in [-0.05, 0) is 30.7 Å². The van der Waals surface area contributed by atoms with Crippen LogP contribution in [0.4, 0.5) is 0 Å². The lowest BCUT2D eigenvalue weighted by Gasteiger charge is -2.12. The van der Waals surface area contributed by atoms with Crippen LogP contribution in [0.5, 0.6) is 11.5 Å². The number of aromatic hydroxyl groups is 1. The predicted molar refractivity (Wildman–Crippen MR) is 56.6 cm³/mol. The van der Waals surface area contributed by atoms with Gasteiger partial charge in [-0.25, -0.2) is 0 Å². The molecule has 0 bridgehead atoms. The SMILES string of the molecule is CCC(COc1ccc(O)cc1)C(N)=O. The first-order chi connectivity index (χ1) is 7.13. The number of amides is 1. The van der Waals surface area contributed by atoms with Crippen molar-refractivity contribution in [2.24, 2.45) is 11.7 Å². The largest absolute Gasteiger partial charge is 0.508 e. The van der Waals surface area contributed by atoms with E-state index in [1.807, 2.05) is 6.92 Å². The summed E-state index contributed by atoms with van der Waals surface area (Å²) < 4.78 is 5.36. The van der Waals surface area contributed by atoms with E-state index >= 15 is 0 Å². The first-order valence-corrected chi connectivity index (χ1v) is 4.84. The summed E-state index contributed by atoms with van der Waals surface area (Å²) in [5.41, 5.74) is 5.18. The number of rotatable bonds is 5. The van der Waals surface area contributed by atoms with Gasteiger partial charge in [0.05, 0.1) is 12.5 Å². The Balaban J connectivity index is 2.49. The van der Waals surface area contributed by atoms with Gasteiger partial charge in [-0.3, -0.25) is 4.79 Å². The molecule has 82 valence electrons. The van der Waals surface area contributed by atoms with Gasteiger partial charge in [0.25, 0.3) is 0 Å². The fourth-order valence-corrected chi connectivity index (χ4v) is 1.14. The quantitative estimate of drug-likeness (QED) is 0.767. The van der Waals surface area contributed by atoms with Crippen molar-refractivity contribution in [3.63, 3.8) is 0 Å². The Morgan fingerprint density at radius 1 is 1.47 bits per heavy atom. The van der Waals surface area contributed by atoms with Gasteiger partial charge in [0.15, 0.2) is 0 Å². The number of primary amides is 1. The average Bonchev–Trinajstić information content (AvgIpc) is 2.21. The molecule has 0 aliphatic heterocycles. The number of phenols is 1. The molecule has 1 aromatic carbocycles. The minimum absolute atomic E-state index is 0.185. The van der Waals surface area contributed by atoms with E-state index in [0.717, 1.165) is 0 Å². The number of hydrogen-bond acceptors (Lipinski definition) is 3. The average molecular weight is 209 g/mol. The Morgan fingerprint density at radius 3 is 2.53 bits per heavy atom. The number of carbonyl (C=O) groups excluding carboxylic acids is 1. The van der Waals surface area contributed by atoms with Crippen LogP contribution in [0.15, 0.2) is 24.3 Å². The molecule has 15 heavy (non-hydrogen) atoms. The van der Waals surface area contributed by atoms with Crippen molar-refractivity contribution in [1.29, 1.82) is 0 Å². The molecule has 1 rings (SSSR count). The Labute approximate surface area is 88.7 Å². The van der Waals surface area contributed by atoms with E-state index in [1.165, 1.54) is 12.1 Å². The van der Waals surface area contributed by atoms with E-state index < -0.39 is 0 Å². The third kappa shape index (κ3) is 3.50. The van der Waals surface area contributed by atoms with Gasteiger partial charge in [-0.15, -0.1) is 0 Å². The van der Waals surface area contributed by atoms with Crippen molar-refractivity contribution in [1.82, 2.24) is 0 Å². The van der Waals surface area contributed by atoms with Crippen LogP contribution >= 0.6 is 0 Å². The number of ether oxygens (including phenoxy) is 1. The third-order valence-corrected chi connectivity index (χ3v) is 2.18. The topological polar surface area (TPSA) is 72.6 Å². The summed E-state index contributed by atoms with van der Waals surface area (Å²) in [7, 11) is 0. The van der Waals surface area contributed by atoms with Crippen molar-refractivity contribution in [3.05, 3.63) is 24.3 Å². The zero-order valence-electron chi connectivity index (χ0n) is 8.64. The number of benzene rings is 1. The van der Waals surface area contributed by atoms with Crippen LogP contribution in [0.25, 0.3) is 0 Å². The highest BCUT2D eigenvalue weighted by Crippen LogP contribution is 2.17. The molecular weight excluding hydrogens is 194 g/mol. The van der Waals surface area contributed by atoms with Crippen LogP contribution in [0.1, 0.15) is 13.3 Å². The Bertz CT molecular complexity index is 321. The normalized spacial score (nSPS) is 12.1. The number of hydrogen-bond donors (Lipinski definition) is 2. The molecule has 0 aliphatic rings. The Hall–Kier alpha value is -1.71. The van der Waals surface area contributed by atoms with Gasteiger partial charge in [-0.2, -0.15) is 0 Å². The molecule has 0 radical (unpaired) electrons. The number of nitrogens with two attached hydrogens (primary N) is 1. The lowest BCUT2D eigenvalue weighted by molar-refractivity contribution is -0.122. The highest BCUT2D eigenvalue weighted by molar-refractivity contribution is 5.76. The third-order valence-electron chi connectivity index (χ3n) is 2.18. The van der Waals surface area contributed by atoms with E-state index in [9.17, 15) is 4.79 Å². The van der Waals surface area contributed by atoms with Crippen LogP contribution in [-0.4, -0.2) is 17.6 Å². The molecule has 3 N–H and O–H groups in total. The predicted octanol–water partition coefficient (Wildman–Crippen LogP) is 1.28. The smallest absolute Gasteiger partial charge is 0.223 e. The minimum atomic E-state index is -0.351. The summed E-state index contributed by atoms with van der Waals surface area (Å²) in [6, 6.07) is 6.34. The van der Waals surface area contributed by atoms with Gasteiger partial charge in [0.1, 0.15) is 11.5 Å². The maximum Gasteiger partial charge on any atom is 0.223 e. The monoisotopic (exact) mass is 209 g/mol. The fraction of sp³-hybridized carbons (Fsp3) is 0.364. The molecule has 1 amide bonds. The molecule has 0 saturated carbocycles. The standard InChI is InChI=1S/C11H15NO3/c1-2-8(11(12)14)7-15-10-5-3-9(13)4-6-10/h3-6,8,13H,2,7H2,1H3,(H2,12,14). The maximum atomic E-state index is 10.9. The van der Waals surface area contributed by atoms with Crippen LogP contribution in [-0.2, 0) is 4.79 Å². The summed E-state index contributed by atoms with van der Waals surface area (Å²) in [6.07, 6.45) is 0.660. The van der Waals surface area contributed by atoms with Crippen LogP contribution in [0.3, 0.4) is 0 Å². The maximum absolute atomic E-state index is 10.9. The van der Waals surface area contributed by atoms with Crippen molar-refractivity contribution in [2.45, 2.75) is 13.3 Å². The van der Waals surface area contributed by atoms with Crippen molar-refractivity contribution in [2.75, 3.05) is 6.61 Å². The summed E-state index contributed by atoms with van der Waals surface area (Å²) in [5, 5.41) is 9.04. The molecule has 4 nitrogen and oxygen atoms in total. The number of carbonyl (C=O) groups is 1. The second-order valence-electron chi connectivity index (χ2n) is 3.31. The van der Waals surface area contributed by atoms with Gasteiger partial charge in [0.2, 0.25) is 5.91 Å². The molecule has 4 heteroatoms. The van der Waals surface area contributed by atoms with Gasteiger partial charge in [0, 0.05) is 0 Å². The highest BCUT2D eigenvalue weighted by atomic mass is 16.5. The summed E-state index contributed by atoms with van der Waals surface area (Å²) in [5.74, 6) is 0.187. The van der Waals surface area contributed by atoms with Crippen LogP contribution < -0.4 is 10.5 Å². The summed E-state index contributed by atoms with van der Waals surface area (Å²) >= 11 is 0. The molecular formula is C11H15NO3. The van der Waals surface area contributed by atoms with Gasteiger partial charge < -0.3 is 15.6 Å². The van der Waals surface area contributed by atoms with E-state index in [0.29, 0.717) is 12.2 Å². The fourth-order valence-electron chi connectivity index (χ4n) is 1.14. The lowest BCUT2D eigenvalue weighted by atomic mass is 10.1. The zero-order chi connectivity index (χ0) is 11.3. The first-order valence-electron chi connectivity index (χ1n) is 4.84. The molecule has 0 aliphatic carbocycles. The molecule has 0 heterocycles. The number of phenolic OH excluding ortho intramolecular Hbond substituents is 1. The van der Waals surface area contributed by atoms with E-state index in [-0.39, 0.29) is 24.2 Å². The zero-order valence-corrected chi connectivity index (χ0v) is 8.64. The molecule has 0 aromatic heterocycles.